The van der Waals surface area contributed by atoms with E-state index in [-0.39, 0.29) is 11.7 Å². The Morgan fingerprint density at radius 1 is 1.14 bits per heavy atom. The zero-order valence-corrected chi connectivity index (χ0v) is 22.7. The van der Waals surface area contributed by atoms with E-state index in [0.29, 0.717) is 18.1 Å². The second kappa shape index (κ2) is 13.2. The molecule has 0 aliphatic heterocycles. The van der Waals surface area contributed by atoms with Crippen molar-refractivity contribution in [3.63, 3.8) is 0 Å². The minimum atomic E-state index is -0.209. The molecule has 6 nitrogen and oxygen atoms in total. The van der Waals surface area contributed by atoms with E-state index in [4.69, 9.17) is 9.47 Å². The van der Waals surface area contributed by atoms with Gasteiger partial charge in [0.1, 0.15) is 0 Å². The number of thioether (sulfide) groups is 1. The van der Waals surface area contributed by atoms with E-state index in [2.05, 4.69) is 43.6 Å². The fourth-order valence-electron chi connectivity index (χ4n) is 3.27. The number of carbonyl (C=O) groups excluding carboxylic acids is 1. The first-order valence-electron chi connectivity index (χ1n) is 11.1. The second-order valence-corrected chi connectivity index (χ2v) is 10.5. The van der Waals surface area contributed by atoms with Crippen molar-refractivity contribution >= 4 is 51.2 Å². The summed E-state index contributed by atoms with van der Waals surface area (Å²) in [6.07, 6.45) is 2.36. The van der Waals surface area contributed by atoms with Gasteiger partial charge in [-0.3, -0.25) is 4.79 Å². The van der Waals surface area contributed by atoms with Gasteiger partial charge in [0.05, 0.1) is 35.9 Å². The number of amides is 1. The first kappa shape index (κ1) is 25.9. The minimum Gasteiger partial charge on any atom is -0.493 e. The Balaban J connectivity index is 1.27. The number of hydrazone groups is 1. The number of hydrogen-bond donors (Lipinski definition) is 1. The van der Waals surface area contributed by atoms with E-state index >= 15 is 0 Å². The van der Waals surface area contributed by atoms with E-state index in [9.17, 15) is 4.79 Å². The van der Waals surface area contributed by atoms with Crippen LogP contribution < -0.4 is 14.9 Å². The third-order valence-corrected chi connectivity index (χ3v) is 7.62. The maximum Gasteiger partial charge on any atom is 0.250 e. The lowest BCUT2D eigenvalue weighted by molar-refractivity contribution is -0.118. The van der Waals surface area contributed by atoms with E-state index in [1.54, 1.807) is 13.3 Å². The molecule has 4 aromatic rings. The van der Waals surface area contributed by atoms with Crippen LogP contribution in [0.5, 0.6) is 11.5 Å². The van der Waals surface area contributed by atoms with Crippen LogP contribution in [0.3, 0.4) is 0 Å². The molecule has 0 aliphatic rings. The molecule has 1 N–H and O–H groups in total. The first-order valence-corrected chi connectivity index (χ1v) is 13.8. The summed E-state index contributed by atoms with van der Waals surface area (Å²) in [6, 6.07) is 23.8. The lowest BCUT2D eigenvalue weighted by atomic mass is 10.2. The van der Waals surface area contributed by atoms with Gasteiger partial charge in [-0.15, -0.1) is 11.3 Å². The highest BCUT2D eigenvalue weighted by atomic mass is 79.9. The third kappa shape index (κ3) is 7.43. The van der Waals surface area contributed by atoms with Crippen LogP contribution in [0, 0.1) is 0 Å². The Labute approximate surface area is 226 Å². The second-order valence-electron chi connectivity index (χ2n) is 7.56. The highest BCUT2D eigenvalue weighted by molar-refractivity contribution is 9.10. The van der Waals surface area contributed by atoms with Crippen molar-refractivity contribution in [1.29, 1.82) is 0 Å². The van der Waals surface area contributed by atoms with Crippen molar-refractivity contribution < 1.29 is 14.3 Å². The van der Waals surface area contributed by atoms with E-state index in [1.807, 2.05) is 66.0 Å². The van der Waals surface area contributed by atoms with Gasteiger partial charge in [-0.1, -0.05) is 72.4 Å². The number of nitrogens with one attached hydrogen (secondary N) is 1. The molecular weight excluding hydrogens is 558 g/mol. The molecule has 1 aromatic heterocycles. The molecule has 0 radical (unpaired) electrons. The lowest BCUT2D eigenvalue weighted by Gasteiger charge is -2.13. The standard InChI is InChI=1S/C27H24BrN3O3S2/c1-33-24-15-20(14-22(28)26(24)34-13-12-19-8-4-2-5-9-19)16-29-31-25(32)18-36-27-30-23(17-35-27)21-10-6-3-7-11-21/h2-11,14-17H,12-13,18H2,1H3,(H,31,32)/b29-16+. The Morgan fingerprint density at radius 2 is 1.89 bits per heavy atom. The Kier molecular flexibility index (Phi) is 9.54. The average molecular weight is 583 g/mol. The van der Waals surface area contributed by atoms with Crippen molar-refractivity contribution in [1.82, 2.24) is 10.4 Å². The molecule has 0 fully saturated rings. The predicted octanol–water partition coefficient (Wildman–Crippen LogP) is 6.45. The third-order valence-electron chi connectivity index (χ3n) is 5.01. The molecule has 0 spiro atoms. The number of thiazole rings is 1. The van der Waals surface area contributed by atoms with Gasteiger partial charge in [0.2, 0.25) is 0 Å². The van der Waals surface area contributed by atoms with Crippen LogP contribution in [-0.4, -0.2) is 36.6 Å². The minimum absolute atomic E-state index is 0.209. The van der Waals surface area contributed by atoms with Crippen molar-refractivity contribution in [2.75, 3.05) is 19.5 Å². The number of methoxy groups -OCH3 is 1. The van der Waals surface area contributed by atoms with Crippen LogP contribution in [0.4, 0.5) is 0 Å². The number of hydrogen-bond acceptors (Lipinski definition) is 7. The van der Waals surface area contributed by atoms with Gasteiger partial charge in [0.25, 0.3) is 5.91 Å². The highest BCUT2D eigenvalue weighted by Gasteiger charge is 2.12. The number of aromatic nitrogens is 1. The van der Waals surface area contributed by atoms with Gasteiger partial charge in [-0.2, -0.15) is 5.10 Å². The molecule has 0 aliphatic carbocycles. The number of rotatable bonds is 11. The number of halogens is 1. The Hall–Kier alpha value is -3.14. The Bertz CT molecular complexity index is 1310. The predicted molar refractivity (Wildman–Crippen MR) is 150 cm³/mol. The van der Waals surface area contributed by atoms with Gasteiger partial charge >= 0.3 is 0 Å². The lowest BCUT2D eigenvalue weighted by Crippen LogP contribution is -2.19. The number of carbonyl (C=O) groups is 1. The SMILES string of the molecule is COc1cc(/C=N/NC(=O)CSc2nc(-c3ccccc3)cs2)cc(Br)c1OCCc1ccccc1. The summed E-state index contributed by atoms with van der Waals surface area (Å²) in [6.45, 7) is 0.520. The topological polar surface area (TPSA) is 72.8 Å². The molecule has 1 amide bonds. The number of benzene rings is 3. The summed E-state index contributed by atoms with van der Waals surface area (Å²) in [5.74, 6) is 1.23. The Morgan fingerprint density at radius 3 is 2.64 bits per heavy atom. The molecule has 0 atom stereocenters. The van der Waals surface area contributed by atoms with Gasteiger partial charge in [-0.05, 0) is 39.2 Å². The summed E-state index contributed by atoms with van der Waals surface area (Å²) in [5, 5.41) is 6.08. The highest BCUT2D eigenvalue weighted by Crippen LogP contribution is 2.36. The zero-order chi connectivity index (χ0) is 25.2. The van der Waals surface area contributed by atoms with Gasteiger partial charge < -0.3 is 9.47 Å². The molecule has 1 heterocycles. The molecule has 0 saturated heterocycles. The van der Waals surface area contributed by atoms with Crippen LogP contribution >= 0.6 is 39.0 Å². The molecule has 184 valence electrons. The molecule has 9 heteroatoms. The van der Waals surface area contributed by atoms with Gasteiger partial charge in [0.15, 0.2) is 15.8 Å². The summed E-state index contributed by atoms with van der Waals surface area (Å²) in [5.41, 5.74) is 6.50. The van der Waals surface area contributed by atoms with Gasteiger partial charge in [0, 0.05) is 17.4 Å². The summed E-state index contributed by atoms with van der Waals surface area (Å²) in [7, 11) is 1.59. The zero-order valence-electron chi connectivity index (χ0n) is 19.5. The molecule has 36 heavy (non-hydrogen) atoms. The molecular formula is C27H24BrN3O3S2. The van der Waals surface area contributed by atoms with E-state index in [1.165, 1.54) is 28.7 Å². The van der Waals surface area contributed by atoms with Crippen molar-refractivity contribution in [3.05, 3.63) is 93.8 Å². The summed E-state index contributed by atoms with van der Waals surface area (Å²) < 4.78 is 13.1. The summed E-state index contributed by atoms with van der Waals surface area (Å²) in [4.78, 5) is 16.8. The van der Waals surface area contributed by atoms with Crippen LogP contribution in [0.15, 0.2) is 92.1 Å². The van der Waals surface area contributed by atoms with Crippen molar-refractivity contribution in [2.45, 2.75) is 10.8 Å². The molecule has 0 bridgehead atoms. The number of nitrogens with zero attached hydrogens (tertiary/aromatic N) is 2. The monoisotopic (exact) mass is 581 g/mol. The number of ether oxygens (including phenoxy) is 2. The van der Waals surface area contributed by atoms with E-state index in [0.717, 1.165) is 32.1 Å². The van der Waals surface area contributed by atoms with Crippen molar-refractivity contribution in [3.8, 4) is 22.8 Å². The smallest absolute Gasteiger partial charge is 0.250 e. The largest absolute Gasteiger partial charge is 0.493 e. The normalized spacial score (nSPS) is 10.9. The molecule has 0 unspecified atom stereocenters. The summed E-state index contributed by atoms with van der Waals surface area (Å²) >= 11 is 6.46. The van der Waals surface area contributed by atoms with Gasteiger partial charge in [-0.25, -0.2) is 10.4 Å². The average Bonchev–Trinajstić information content (AvgIpc) is 3.39. The fraction of sp³-hybridized carbons (Fsp3) is 0.148. The first-order chi connectivity index (χ1) is 17.6. The van der Waals surface area contributed by atoms with Crippen LogP contribution in [-0.2, 0) is 11.2 Å². The quantitative estimate of drug-likeness (QED) is 0.125. The fourth-order valence-corrected chi connectivity index (χ4v) is 5.48. The van der Waals surface area contributed by atoms with Crippen molar-refractivity contribution in [2.24, 2.45) is 5.10 Å². The van der Waals surface area contributed by atoms with Crippen LogP contribution in [0.1, 0.15) is 11.1 Å². The van der Waals surface area contributed by atoms with E-state index < -0.39 is 0 Å². The van der Waals surface area contributed by atoms with Crippen LogP contribution in [0.25, 0.3) is 11.3 Å². The molecule has 3 aromatic carbocycles. The maximum absolute atomic E-state index is 12.2. The van der Waals surface area contributed by atoms with Crippen LogP contribution in [0.2, 0.25) is 0 Å². The molecule has 4 rings (SSSR count). The molecule has 0 saturated carbocycles. The maximum atomic E-state index is 12.2.